The summed E-state index contributed by atoms with van der Waals surface area (Å²) in [6.45, 7) is 5.97. The fourth-order valence-electron chi connectivity index (χ4n) is 4.25. The predicted octanol–water partition coefficient (Wildman–Crippen LogP) is 4.59. The molecule has 0 radical (unpaired) electrons. The maximum atomic E-state index is 13.3. The monoisotopic (exact) mass is 395 g/mol. The minimum atomic E-state index is -0.331. The molecule has 1 N–H and O–H groups in total. The SMILES string of the molecule is Cc1nnc(C(CC(C)C)NC(=O)c2nc(C3CCCCC3)n3ccccc23)o1. The summed E-state index contributed by atoms with van der Waals surface area (Å²) in [4.78, 5) is 18.1. The summed E-state index contributed by atoms with van der Waals surface area (Å²) in [6.07, 6.45) is 8.72. The Morgan fingerprint density at radius 2 is 2.03 bits per heavy atom. The van der Waals surface area contributed by atoms with E-state index in [1.165, 1.54) is 19.3 Å². The maximum absolute atomic E-state index is 13.3. The van der Waals surface area contributed by atoms with Gasteiger partial charge in [0.1, 0.15) is 11.9 Å². The highest BCUT2D eigenvalue weighted by Gasteiger charge is 2.27. The average Bonchev–Trinajstić information content (AvgIpc) is 3.32. The molecule has 0 aliphatic heterocycles. The second-order valence-corrected chi connectivity index (χ2v) is 8.42. The van der Waals surface area contributed by atoms with Gasteiger partial charge in [-0.3, -0.25) is 4.79 Å². The summed E-state index contributed by atoms with van der Waals surface area (Å²) in [7, 11) is 0. The molecule has 7 nitrogen and oxygen atoms in total. The first-order valence-electron chi connectivity index (χ1n) is 10.6. The number of hydrogen-bond acceptors (Lipinski definition) is 5. The van der Waals surface area contributed by atoms with Crippen LogP contribution < -0.4 is 5.32 Å². The third kappa shape index (κ3) is 4.18. The van der Waals surface area contributed by atoms with Gasteiger partial charge in [0.15, 0.2) is 5.69 Å². The van der Waals surface area contributed by atoms with Crippen LogP contribution in [0.15, 0.2) is 28.8 Å². The number of aryl methyl sites for hydroxylation is 1. The summed E-state index contributed by atoms with van der Waals surface area (Å²) >= 11 is 0. The van der Waals surface area contributed by atoms with Crippen molar-refractivity contribution in [2.24, 2.45) is 5.92 Å². The quantitative estimate of drug-likeness (QED) is 0.660. The van der Waals surface area contributed by atoms with Crippen molar-refractivity contribution in [1.82, 2.24) is 24.9 Å². The van der Waals surface area contributed by atoms with Gasteiger partial charge in [0, 0.05) is 19.0 Å². The zero-order chi connectivity index (χ0) is 20.4. The first-order valence-corrected chi connectivity index (χ1v) is 10.6. The molecule has 3 aromatic rings. The van der Waals surface area contributed by atoms with Gasteiger partial charge < -0.3 is 14.1 Å². The highest BCUT2D eigenvalue weighted by molar-refractivity contribution is 5.99. The summed E-state index contributed by atoms with van der Waals surface area (Å²) in [6, 6.07) is 5.57. The van der Waals surface area contributed by atoms with Crippen LogP contribution >= 0.6 is 0 Å². The Hall–Kier alpha value is -2.70. The first kappa shape index (κ1) is 19.6. The number of carbonyl (C=O) groups excluding carboxylic acids is 1. The second kappa shape index (κ2) is 8.35. The number of imidazole rings is 1. The van der Waals surface area contributed by atoms with E-state index in [4.69, 9.17) is 9.40 Å². The minimum Gasteiger partial charge on any atom is -0.423 e. The topological polar surface area (TPSA) is 85.3 Å². The van der Waals surface area contributed by atoms with Crippen LogP contribution in [0.5, 0.6) is 0 Å². The number of pyridine rings is 1. The highest BCUT2D eigenvalue weighted by atomic mass is 16.4. The molecule has 0 saturated heterocycles. The molecular formula is C22H29N5O2. The smallest absolute Gasteiger partial charge is 0.272 e. The highest BCUT2D eigenvalue weighted by Crippen LogP contribution is 2.33. The van der Waals surface area contributed by atoms with Crippen LogP contribution in [-0.2, 0) is 0 Å². The molecule has 29 heavy (non-hydrogen) atoms. The Morgan fingerprint density at radius 3 is 2.72 bits per heavy atom. The van der Waals surface area contributed by atoms with Crippen LogP contribution in [0.2, 0.25) is 0 Å². The molecule has 0 bridgehead atoms. The van der Waals surface area contributed by atoms with E-state index in [1.54, 1.807) is 6.92 Å². The van der Waals surface area contributed by atoms with E-state index in [-0.39, 0.29) is 11.9 Å². The van der Waals surface area contributed by atoms with Gasteiger partial charge in [-0.15, -0.1) is 10.2 Å². The summed E-state index contributed by atoms with van der Waals surface area (Å²) in [5.74, 6) is 2.52. The molecule has 4 rings (SSSR count). The summed E-state index contributed by atoms with van der Waals surface area (Å²) in [5, 5.41) is 11.1. The number of aromatic nitrogens is 4. The van der Waals surface area contributed by atoms with Gasteiger partial charge in [-0.1, -0.05) is 39.2 Å². The van der Waals surface area contributed by atoms with E-state index in [2.05, 4.69) is 33.8 Å². The van der Waals surface area contributed by atoms with Crippen molar-refractivity contribution in [3.05, 3.63) is 47.7 Å². The lowest BCUT2D eigenvalue weighted by Gasteiger charge is -2.20. The van der Waals surface area contributed by atoms with E-state index in [1.807, 2.05) is 24.4 Å². The van der Waals surface area contributed by atoms with Gasteiger partial charge in [-0.25, -0.2) is 4.98 Å². The van der Waals surface area contributed by atoms with Gasteiger partial charge in [0.25, 0.3) is 5.91 Å². The number of amides is 1. The van der Waals surface area contributed by atoms with Gasteiger partial charge in [0.2, 0.25) is 11.8 Å². The molecule has 3 aromatic heterocycles. The van der Waals surface area contributed by atoms with Crippen molar-refractivity contribution in [3.63, 3.8) is 0 Å². The van der Waals surface area contributed by atoms with Crippen molar-refractivity contribution < 1.29 is 9.21 Å². The molecule has 1 atom stereocenters. The standard InChI is InChI=1S/C22H29N5O2/c1-14(2)13-17(22-26-25-15(3)29-22)23-21(28)19-18-11-7-8-12-27(18)20(24-19)16-9-5-4-6-10-16/h7-8,11-12,14,16-17H,4-6,9-10,13H2,1-3H3,(H,23,28). The van der Waals surface area contributed by atoms with Crippen molar-refractivity contribution in [1.29, 1.82) is 0 Å². The van der Waals surface area contributed by atoms with Gasteiger partial charge >= 0.3 is 0 Å². The van der Waals surface area contributed by atoms with Gasteiger partial charge in [-0.2, -0.15) is 0 Å². The van der Waals surface area contributed by atoms with Crippen molar-refractivity contribution >= 4 is 11.4 Å². The molecule has 3 heterocycles. The van der Waals surface area contributed by atoms with Crippen LogP contribution in [0.25, 0.3) is 5.52 Å². The molecule has 1 amide bonds. The van der Waals surface area contributed by atoms with E-state index in [0.717, 1.165) is 24.2 Å². The molecule has 0 aromatic carbocycles. The molecule has 1 fully saturated rings. The van der Waals surface area contributed by atoms with Gasteiger partial charge in [0.05, 0.1) is 5.52 Å². The third-order valence-electron chi connectivity index (χ3n) is 5.61. The van der Waals surface area contributed by atoms with Gasteiger partial charge in [-0.05, 0) is 37.3 Å². The Kier molecular flexibility index (Phi) is 5.65. The third-order valence-corrected chi connectivity index (χ3v) is 5.61. The normalized spacial score (nSPS) is 16.4. The first-order chi connectivity index (χ1) is 14.0. The van der Waals surface area contributed by atoms with Crippen molar-refractivity contribution in [2.75, 3.05) is 0 Å². The molecule has 0 spiro atoms. The van der Waals surface area contributed by atoms with Crippen LogP contribution in [0.3, 0.4) is 0 Å². The van der Waals surface area contributed by atoms with Crippen LogP contribution in [0.1, 0.15) is 92.4 Å². The molecular weight excluding hydrogens is 366 g/mol. The zero-order valence-corrected chi connectivity index (χ0v) is 17.4. The fraction of sp³-hybridized carbons (Fsp3) is 0.545. The zero-order valence-electron chi connectivity index (χ0n) is 17.4. The summed E-state index contributed by atoms with van der Waals surface area (Å²) in [5.41, 5.74) is 1.31. The fourth-order valence-corrected chi connectivity index (χ4v) is 4.25. The molecule has 154 valence electrons. The van der Waals surface area contributed by atoms with E-state index >= 15 is 0 Å². The molecule has 7 heteroatoms. The Balaban J connectivity index is 1.65. The Morgan fingerprint density at radius 1 is 1.24 bits per heavy atom. The lowest BCUT2D eigenvalue weighted by atomic mass is 9.89. The average molecular weight is 396 g/mol. The van der Waals surface area contributed by atoms with E-state index in [0.29, 0.717) is 35.7 Å². The lowest BCUT2D eigenvalue weighted by Crippen LogP contribution is -2.30. The van der Waals surface area contributed by atoms with Crippen LogP contribution in [0, 0.1) is 12.8 Å². The molecule has 1 aliphatic rings. The van der Waals surface area contributed by atoms with Crippen molar-refractivity contribution in [2.45, 2.75) is 71.3 Å². The van der Waals surface area contributed by atoms with E-state index in [9.17, 15) is 4.79 Å². The maximum Gasteiger partial charge on any atom is 0.272 e. The van der Waals surface area contributed by atoms with Crippen molar-refractivity contribution in [3.8, 4) is 0 Å². The number of hydrogen-bond donors (Lipinski definition) is 1. The second-order valence-electron chi connectivity index (χ2n) is 8.42. The molecule has 1 unspecified atom stereocenters. The Bertz CT molecular complexity index is 984. The number of nitrogens with one attached hydrogen (secondary N) is 1. The number of rotatable bonds is 6. The number of carbonyl (C=O) groups is 1. The van der Waals surface area contributed by atoms with Crippen LogP contribution in [-0.4, -0.2) is 25.5 Å². The van der Waals surface area contributed by atoms with Crippen LogP contribution in [0.4, 0.5) is 0 Å². The molecule has 1 aliphatic carbocycles. The van der Waals surface area contributed by atoms with E-state index < -0.39 is 0 Å². The lowest BCUT2D eigenvalue weighted by molar-refractivity contribution is 0.0921. The molecule has 1 saturated carbocycles. The Labute approximate surface area is 170 Å². The summed E-state index contributed by atoms with van der Waals surface area (Å²) < 4.78 is 7.69. The number of nitrogens with zero attached hydrogens (tertiary/aromatic N) is 4. The predicted molar refractivity (Wildman–Crippen MR) is 110 cm³/mol. The minimum absolute atomic E-state index is 0.197. The number of fused-ring (bicyclic) bond motifs is 1. The largest absolute Gasteiger partial charge is 0.423 e.